The summed E-state index contributed by atoms with van der Waals surface area (Å²) in [6.45, 7) is 2.70. The molecular formula is C23H28FNO2. The molecule has 0 spiro atoms. The second-order valence-electron chi connectivity index (χ2n) is 7.44. The Morgan fingerprint density at radius 2 is 1.96 bits per heavy atom. The number of nitrogens with zero attached hydrogens (tertiary/aromatic N) is 1. The molecule has 4 heteroatoms. The van der Waals surface area contributed by atoms with Gasteiger partial charge < -0.3 is 9.84 Å². The smallest absolute Gasteiger partial charge is 0.126 e. The van der Waals surface area contributed by atoms with E-state index in [1.807, 2.05) is 36.4 Å². The fourth-order valence-corrected chi connectivity index (χ4v) is 3.89. The minimum Gasteiger partial charge on any atom is -0.497 e. The Balaban J connectivity index is 1.61. The number of piperidine rings is 1. The van der Waals surface area contributed by atoms with Crippen LogP contribution in [0, 0.1) is 11.2 Å². The standard InChI is InChI=1S/C23H28FNO2/c1-27-21-11-9-19(10-12-21)6-4-14-25-15-5-13-23(17-25,18-26)16-20-7-2-3-8-22(20)24/h2-4,6-12,26H,5,13-18H2,1H3/b6-4+. The molecule has 144 valence electrons. The molecule has 0 amide bonds. The zero-order valence-electron chi connectivity index (χ0n) is 15.9. The fraction of sp³-hybridized carbons (Fsp3) is 0.391. The summed E-state index contributed by atoms with van der Waals surface area (Å²) in [4.78, 5) is 2.35. The van der Waals surface area contributed by atoms with E-state index in [-0.39, 0.29) is 17.8 Å². The summed E-state index contributed by atoms with van der Waals surface area (Å²) in [5.41, 5.74) is 1.56. The highest BCUT2D eigenvalue weighted by atomic mass is 19.1. The van der Waals surface area contributed by atoms with E-state index in [1.165, 1.54) is 6.07 Å². The Hall–Kier alpha value is -2.17. The van der Waals surface area contributed by atoms with Gasteiger partial charge in [-0.15, -0.1) is 0 Å². The normalized spacial score (nSPS) is 20.9. The quantitative estimate of drug-likeness (QED) is 0.795. The van der Waals surface area contributed by atoms with Gasteiger partial charge in [-0.3, -0.25) is 4.90 Å². The van der Waals surface area contributed by atoms with Crippen molar-refractivity contribution in [1.82, 2.24) is 4.90 Å². The van der Waals surface area contributed by atoms with Crippen LogP contribution in [0.5, 0.6) is 5.75 Å². The van der Waals surface area contributed by atoms with Gasteiger partial charge in [0.1, 0.15) is 11.6 Å². The van der Waals surface area contributed by atoms with Crippen molar-refractivity contribution in [2.75, 3.05) is 33.4 Å². The highest BCUT2D eigenvalue weighted by Gasteiger charge is 2.35. The number of halogens is 1. The maximum absolute atomic E-state index is 14.1. The van der Waals surface area contributed by atoms with Gasteiger partial charge in [0.25, 0.3) is 0 Å². The third kappa shape index (κ3) is 5.18. The van der Waals surface area contributed by atoms with E-state index in [0.29, 0.717) is 12.0 Å². The number of hydrogen-bond acceptors (Lipinski definition) is 3. The molecule has 1 aliphatic heterocycles. The molecular weight excluding hydrogens is 341 g/mol. The molecule has 0 bridgehead atoms. The first kappa shape index (κ1) is 19.6. The fourth-order valence-electron chi connectivity index (χ4n) is 3.89. The predicted octanol–water partition coefficient (Wildman–Crippen LogP) is 4.16. The van der Waals surface area contributed by atoms with Crippen LogP contribution in [-0.4, -0.2) is 43.4 Å². The van der Waals surface area contributed by atoms with Crippen LogP contribution < -0.4 is 4.74 Å². The lowest BCUT2D eigenvalue weighted by Crippen LogP contribution is -2.46. The summed E-state index contributed by atoms with van der Waals surface area (Å²) in [7, 11) is 1.66. The molecule has 0 radical (unpaired) electrons. The number of aliphatic hydroxyl groups is 1. The first-order valence-corrected chi connectivity index (χ1v) is 9.51. The molecule has 1 heterocycles. The van der Waals surface area contributed by atoms with Crippen LogP contribution >= 0.6 is 0 Å². The predicted molar refractivity (Wildman–Crippen MR) is 107 cm³/mol. The number of benzene rings is 2. The van der Waals surface area contributed by atoms with E-state index in [9.17, 15) is 9.50 Å². The molecule has 1 N–H and O–H groups in total. The monoisotopic (exact) mass is 369 g/mol. The summed E-state index contributed by atoms with van der Waals surface area (Å²) in [6, 6.07) is 14.9. The number of aliphatic hydroxyl groups excluding tert-OH is 1. The summed E-state index contributed by atoms with van der Waals surface area (Å²) >= 11 is 0. The van der Waals surface area contributed by atoms with Crippen LogP contribution in [-0.2, 0) is 6.42 Å². The molecule has 1 saturated heterocycles. The second kappa shape index (κ2) is 9.16. The van der Waals surface area contributed by atoms with Crippen molar-refractivity contribution in [3.8, 4) is 5.75 Å². The number of ether oxygens (including phenoxy) is 1. The molecule has 1 atom stereocenters. The molecule has 2 aromatic carbocycles. The van der Waals surface area contributed by atoms with E-state index >= 15 is 0 Å². The molecule has 0 saturated carbocycles. The van der Waals surface area contributed by atoms with Crippen LogP contribution in [0.25, 0.3) is 6.08 Å². The first-order valence-electron chi connectivity index (χ1n) is 9.51. The molecule has 3 nitrogen and oxygen atoms in total. The van der Waals surface area contributed by atoms with Gasteiger partial charge in [-0.1, -0.05) is 42.5 Å². The lowest BCUT2D eigenvalue weighted by molar-refractivity contribution is 0.0370. The SMILES string of the molecule is COc1ccc(/C=C/CN2CCCC(CO)(Cc3ccccc3F)C2)cc1. The van der Waals surface area contributed by atoms with E-state index in [4.69, 9.17) is 4.74 Å². The molecule has 27 heavy (non-hydrogen) atoms. The largest absolute Gasteiger partial charge is 0.497 e. The number of hydrogen-bond donors (Lipinski definition) is 1. The minimum absolute atomic E-state index is 0.0834. The van der Waals surface area contributed by atoms with Crippen molar-refractivity contribution in [2.45, 2.75) is 19.3 Å². The van der Waals surface area contributed by atoms with E-state index < -0.39 is 0 Å². The van der Waals surface area contributed by atoms with Crippen molar-refractivity contribution >= 4 is 6.08 Å². The Bertz CT molecular complexity index is 759. The Morgan fingerprint density at radius 3 is 2.67 bits per heavy atom. The van der Waals surface area contributed by atoms with Gasteiger partial charge in [0.05, 0.1) is 13.7 Å². The van der Waals surface area contributed by atoms with Gasteiger partial charge in [-0.2, -0.15) is 0 Å². The van der Waals surface area contributed by atoms with Gasteiger partial charge in [0, 0.05) is 18.5 Å². The number of likely N-dealkylation sites (tertiary alicyclic amines) is 1. The molecule has 3 rings (SSSR count). The van der Waals surface area contributed by atoms with Crippen LogP contribution in [0.15, 0.2) is 54.6 Å². The molecule has 0 aliphatic carbocycles. The van der Waals surface area contributed by atoms with Gasteiger partial charge in [0.2, 0.25) is 0 Å². The van der Waals surface area contributed by atoms with E-state index in [1.54, 1.807) is 13.2 Å². The second-order valence-corrected chi connectivity index (χ2v) is 7.44. The van der Waals surface area contributed by atoms with Crippen LogP contribution in [0.4, 0.5) is 4.39 Å². The molecule has 1 unspecified atom stereocenters. The van der Waals surface area contributed by atoms with E-state index in [2.05, 4.69) is 17.1 Å². The Kier molecular flexibility index (Phi) is 6.64. The maximum Gasteiger partial charge on any atom is 0.126 e. The van der Waals surface area contributed by atoms with Gasteiger partial charge in [-0.25, -0.2) is 4.39 Å². The zero-order chi connectivity index (χ0) is 19.1. The molecule has 2 aromatic rings. The third-order valence-electron chi connectivity index (χ3n) is 5.39. The van der Waals surface area contributed by atoms with Crippen LogP contribution in [0.1, 0.15) is 24.0 Å². The molecule has 1 aliphatic rings. The van der Waals surface area contributed by atoms with Crippen molar-refractivity contribution < 1.29 is 14.2 Å². The highest BCUT2D eigenvalue weighted by Crippen LogP contribution is 2.34. The van der Waals surface area contributed by atoms with Crippen LogP contribution in [0.3, 0.4) is 0 Å². The van der Waals surface area contributed by atoms with Crippen molar-refractivity contribution in [3.63, 3.8) is 0 Å². The summed E-state index contributed by atoms with van der Waals surface area (Å²) < 4.78 is 19.3. The van der Waals surface area contributed by atoms with Gasteiger partial charge >= 0.3 is 0 Å². The summed E-state index contributed by atoms with van der Waals surface area (Å²) in [5.74, 6) is 0.672. The lowest BCUT2D eigenvalue weighted by atomic mass is 9.75. The lowest BCUT2D eigenvalue weighted by Gasteiger charge is -2.41. The van der Waals surface area contributed by atoms with E-state index in [0.717, 1.165) is 43.8 Å². The molecule has 1 fully saturated rings. The minimum atomic E-state index is -0.269. The van der Waals surface area contributed by atoms with Crippen molar-refractivity contribution in [3.05, 3.63) is 71.6 Å². The average Bonchev–Trinajstić information content (AvgIpc) is 2.71. The Labute approximate surface area is 161 Å². The number of rotatable bonds is 7. The summed E-state index contributed by atoms with van der Waals surface area (Å²) in [6.07, 6.45) is 6.78. The topological polar surface area (TPSA) is 32.7 Å². The molecule has 0 aromatic heterocycles. The van der Waals surface area contributed by atoms with Gasteiger partial charge in [0.15, 0.2) is 0 Å². The highest BCUT2D eigenvalue weighted by molar-refractivity contribution is 5.50. The first-order chi connectivity index (χ1) is 13.1. The average molecular weight is 369 g/mol. The van der Waals surface area contributed by atoms with Crippen LogP contribution in [0.2, 0.25) is 0 Å². The van der Waals surface area contributed by atoms with Crippen molar-refractivity contribution in [1.29, 1.82) is 0 Å². The Morgan fingerprint density at radius 1 is 1.19 bits per heavy atom. The number of methoxy groups -OCH3 is 1. The van der Waals surface area contributed by atoms with Crippen molar-refractivity contribution in [2.24, 2.45) is 5.41 Å². The van der Waals surface area contributed by atoms with Gasteiger partial charge in [-0.05, 0) is 55.1 Å². The maximum atomic E-state index is 14.1. The third-order valence-corrected chi connectivity index (χ3v) is 5.39. The zero-order valence-corrected chi connectivity index (χ0v) is 15.9. The summed E-state index contributed by atoms with van der Waals surface area (Å²) in [5, 5.41) is 10.1.